The molecule has 128 valence electrons. The highest BCUT2D eigenvalue weighted by Gasteiger charge is 2.20. The van der Waals surface area contributed by atoms with Crippen LogP contribution >= 0.6 is 0 Å². The first-order chi connectivity index (χ1) is 11.5. The third kappa shape index (κ3) is 4.85. The maximum Gasteiger partial charge on any atom is 0.261 e. The molecule has 0 saturated heterocycles. The molecule has 0 fully saturated rings. The van der Waals surface area contributed by atoms with Crippen molar-refractivity contribution in [3.8, 4) is 5.75 Å². The fraction of sp³-hybridized carbons (Fsp3) is 0.381. The van der Waals surface area contributed by atoms with Crippen LogP contribution in [0.25, 0.3) is 0 Å². The number of benzene rings is 2. The topological polar surface area (TPSA) is 38.3 Å². The minimum Gasteiger partial charge on any atom is -0.481 e. The number of rotatable bonds is 7. The third-order valence-electron chi connectivity index (χ3n) is 4.21. The van der Waals surface area contributed by atoms with Crippen LogP contribution in [-0.2, 0) is 11.2 Å². The van der Waals surface area contributed by atoms with Crippen molar-refractivity contribution in [1.29, 1.82) is 0 Å². The highest BCUT2D eigenvalue weighted by molar-refractivity contribution is 5.81. The molecule has 0 radical (unpaired) electrons. The standard InChI is InChI=1S/C21H27NO2/c1-5-17-9-13-19(14-10-17)24-20(6-2)21(23)22-16(4)18-11-7-15(3)8-12-18/h7-14,16,20H,5-6H2,1-4H3,(H,22,23)/t16-,20+/m1/s1. The summed E-state index contributed by atoms with van der Waals surface area (Å²) in [7, 11) is 0. The number of carbonyl (C=O) groups is 1. The first kappa shape index (κ1) is 18.1. The molecule has 3 heteroatoms. The molecule has 2 rings (SSSR count). The Labute approximate surface area is 145 Å². The van der Waals surface area contributed by atoms with Crippen molar-refractivity contribution in [2.24, 2.45) is 0 Å². The second-order valence-corrected chi connectivity index (χ2v) is 6.15. The van der Waals surface area contributed by atoms with Crippen LogP contribution in [0.5, 0.6) is 5.75 Å². The summed E-state index contributed by atoms with van der Waals surface area (Å²) >= 11 is 0. The SMILES string of the molecule is CCc1ccc(O[C@@H](CC)C(=O)N[C@H](C)c2ccc(C)cc2)cc1. The average molecular weight is 325 g/mol. The Morgan fingerprint density at radius 2 is 1.67 bits per heavy atom. The molecular formula is C21H27NO2. The summed E-state index contributed by atoms with van der Waals surface area (Å²) in [6, 6.07) is 16.1. The molecule has 0 bridgehead atoms. The van der Waals surface area contributed by atoms with Crippen LogP contribution in [0.4, 0.5) is 0 Å². The molecule has 24 heavy (non-hydrogen) atoms. The van der Waals surface area contributed by atoms with Gasteiger partial charge in [0.2, 0.25) is 0 Å². The fourth-order valence-corrected chi connectivity index (χ4v) is 2.54. The van der Waals surface area contributed by atoms with Gasteiger partial charge in [0.15, 0.2) is 6.10 Å². The number of hydrogen-bond donors (Lipinski definition) is 1. The van der Waals surface area contributed by atoms with E-state index in [1.807, 2.05) is 50.2 Å². The Bertz CT molecular complexity index is 647. The minimum absolute atomic E-state index is 0.0433. The fourth-order valence-electron chi connectivity index (χ4n) is 2.54. The Morgan fingerprint density at radius 1 is 1.04 bits per heavy atom. The lowest BCUT2D eigenvalue weighted by Gasteiger charge is -2.21. The van der Waals surface area contributed by atoms with Gasteiger partial charge in [0.1, 0.15) is 5.75 Å². The Balaban J connectivity index is 1.98. The van der Waals surface area contributed by atoms with E-state index in [2.05, 4.69) is 31.3 Å². The molecule has 0 aliphatic heterocycles. The van der Waals surface area contributed by atoms with Crippen LogP contribution in [0.15, 0.2) is 48.5 Å². The largest absolute Gasteiger partial charge is 0.481 e. The van der Waals surface area contributed by atoms with Crippen LogP contribution < -0.4 is 10.1 Å². The van der Waals surface area contributed by atoms with E-state index in [0.717, 1.165) is 17.7 Å². The predicted molar refractivity (Wildman–Crippen MR) is 98.3 cm³/mol. The van der Waals surface area contributed by atoms with Gasteiger partial charge in [-0.1, -0.05) is 55.8 Å². The number of carbonyl (C=O) groups excluding carboxylic acids is 1. The second-order valence-electron chi connectivity index (χ2n) is 6.15. The van der Waals surface area contributed by atoms with Crippen molar-refractivity contribution in [1.82, 2.24) is 5.32 Å². The van der Waals surface area contributed by atoms with E-state index in [1.54, 1.807) is 0 Å². The normalized spacial score (nSPS) is 13.2. The molecule has 2 aromatic carbocycles. The summed E-state index contributed by atoms with van der Waals surface area (Å²) in [6.07, 6.45) is 1.14. The van der Waals surface area contributed by atoms with E-state index in [-0.39, 0.29) is 11.9 Å². The lowest BCUT2D eigenvalue weighted by Crippen LogP contribution is -2.39. The zero-order valence-electron chi connectivity index (χ0n) is 15.0. The lowest BCUT2D eigenvalue weighted by molar-refractivity contribution is -0.128. The molecule has 2 aromatic rings. The molecule has 0 unspecified atom stereocenters. The molecule has 0 saturated carbocycles. The number of aryl methyl sites for hydroxylation is 2. The van der Waals surface area contributed by atoms with Crippen LogP contribution in [-0.4, -0.2) is 12.0 Å². The number of hydrogen-bond acceptors (Lipinski definition) is 2. The van der Waals surface area contributed by atoms with Gasteiger partial charge in [-0.3, -0.25) is 4.79 Å². The van der Waals surface area contributed by atoms with E-state index in [9.17, 15) is 4.79 Å². The van der Waals surface area contributed by atoms with Crippen molar-refractivity contribution in [2.45, 2.75) is 52.7 Å². The molecule has 0 aliphatic rings. The Kier molecular flexibility index (Phi) is 6.42. The van der Waals surface area contributed by atoms with Crippen molar-refractivity contribution >= 4 is 5.91 Å². The first-order valence-corrected chi connectivity index (χ1v) is 8.66. The van der Waals surface area contributed by atoms with Gasteiger partial charge in [0.05, 0.1) is 6.04 Å². The maximum absolute atomic E-state index is 12.5. The summed E-state index contributed by atoms with van der Waals surface area (Å²) in [6.45, 7) is 8.12. The van der Waals surface area contributed by atoms with Crippen molar-refractivity contribution in [2.75, 3.05) is 0 Å². The molecule has 0 aliphatic carbocycles. The van der Waals surface area contributed by atoms with Crippen molar-refractivity contribution < 1.29 is 9.53 Å². The average Bonchev–Trinajstić information content (AvgIpc) is 2.60. The third-order valence-corrected chi connectivity index (χ3v) is 4.21. The highest BCUT2D eigenvalue weighted by atomic mass is 16.5. The number of nitrogens with one attached hydrogen (secondary N) is 1. The quantitative estimate of drug-likeness (QED) is 0.808. The first-order valence-electron chi connectivity index (χ1n) is 8.66. The van der Waals surface area contributed by atoms with Gasteiger partial charge in [-0.05, 0) is 49.9 Å². The van der Waals surface area contributed by atoms with Crippen LogP contribution in [0.3, 0.4) is 0 Å². The van der Waals surface area contributed by atoms with Crippen molar-refractivity contribution in [3.63, 3.8) is 0 Å². The molecular weight excluding hydrogens is 298 g/mol. The molecule has 0 heterocycles. The van der Waals surface area contributed by atoms with E-state index < -0.39 is 6.10 Å². The van der Waals surface area contributed by atoms with E-state index >= 15 is 0 Å². The molecule has 0 aromatic heterocycles. The van der Waals surface area contributed by atoms with Crippen molar-refractivity contribution in [3.05, 3.63) is 65.2 Å². The second kappa shape index (κ2) is 8.53. The zero-order chi connectivity index (χ0) is 17.5. The van der Waals surface area contributed by atoms with Gasteiger partial charge in [-0.2, -0.15) is 0 Å². The molecule has 3 nitrogen and oxygen atoms in total. The van der Waals surface area contributed by atoms with Gasteiger partial charge in [0.25, 0.3) is 5.91 Å². The highest BCUT2D eigenvalue weighted by Crippen LogP contribution is 2.17. The van der Waals surface area contributed by atoms with E-state index in [0.29, 0.717) is 6.42 Å². The number of amides is 1. The van der Waals surface area contributed by atoms with Gasteiger partial charge in [-0.25, -0.2) is 0 Å². The minimum atomic E-state index is -0.481. The molecule has 1 N–H and O–H groups in total. The van der Waals surface area contributed by atoms with Gasteiger partial charge < -0.3 is 10.1 Å². The summed E-state index contributed by atoms with van der Waals surface area (Å²) in [5.74, 6) is 0.655. The summed E-state index contributed by atoms with van der Waals surface area (Å²) < 4.78 is 5.87. The van der Waals surface area contributed by atoms with Gasteiger partial charge in [0, 0.05) is 0 Å². The summed E-state index contributed by atoms with van der Waals surface area (Å²) in [5.41, 5.74) is 3.56. The summed E-state index contributed by atoms with van der Waals surface area (Å²) in [5, 5.41) is 3.05. The van der Waals surface area contributed by atoms with Crippen LogP contribution in [0.2, 0.25) is 0 Å². The number of ether oxygens (including phenoxy) is 1. The smallest absolute Gasteiger partial charge is 0.261 e. The zero-order valence-corrected chi connectivity index (χ0v) is 15.0. The lowest BCUT2D eigenvalue weighted by atomic mass is 10.1. The Hall–Kier alpha value is -2.29. The molecule has 1 amide bonds. The maximum atomic E-state index is 12.5. The van der Waals surface area contributed by atoms with E-state index in [1.165, 1.54) is 11.1 Å². The predicted octanol–water partition coefficient (Wildman–Crippen LogP) is 4.59. The summed E-state index contributed by atoms with van der Waals surface area (Å²) in [4.78, 5) is 12.5. The van der Waals surface area contributed by atoms with Crippen LogP contribution in [0, 0.1) is 6.92 Å². The monoisotopic (exact) mass is 325 g/mol. The van der Waals surface area contributed by atoms with Gasteiger partial charge in [-0.15, -0.1) is 0 Å². The van der Waals surface area contributed by atoms with Gasteiger partial charge >= 0.3 is 0 Å². The van der Waals surface area contributed by atoms with E-state index in [4.69, 9.17) is 4.74 Å². The molecule has 0 spiro atoms. The van der Waals surface area contributed by atoms with Crippen LogP contribution in [0.1, 0.15) is 49.9 Å². The molecule has 2 atom stereocenters. The Morgan fingerprint density at radius 3 is 2.21 bits per heavy atom.